The van der Waals surface area contributed by atoms with Crippen LogP contribution in [0.1, 0.15) is 43.7 Å². The molecule has 2 amide bonds. The smallest absolute Gasteiger partial charge is 0.243 e. The summed E-state index contributed by atoms with van der Waals surface area (Å²) in [6, 6.07) is 25.4. The molecule has 0 aliphatic rings. The number of anilines is 1. The largest absolute Gasteiger partial charge is 0.497 e. The molecule has 3 aromatic carbocycles. The zero-order valence-electron chi connectivity index (χ0n) is 24.2. The van der Waals surface area contributed by atoms with Gasteiger partial charge in [-0.25, -0.2) is 8.42 Å². The van der Waals surface area contributed by atoms with Crippen molar-refractivity contribution in [3.05, 3.63) is 96.1 Å². The molecule has 220 valence electrons. The molecule has 3 aromatic rings. The van der Waals surface area contributed by atoms with Crippen molar-refractivity contribution in [1.82, 2.24) is 10.2 Å². The Labute approximate surface area is 244 Å². The number of unbranched alkanes of at least 4 members (excludes halogenated alkanes) is 1. The third kappa shape index (κ3) is 9.93. The van der Waals surface area contributed by atoms with Crippen LogP contribution in [0.3, 0.4) is 0 Å². The van der Waals surface area contributed by atoms with Gasteiger partial charge in [0.1, 0.15) is 11.8 Å². The van der Waals surface area contributed by atoms with Crippen LogP contribution >= 0.6 is 0 Å². The SMILES string of the molecule is CCCCNC(=O)[C@H](Cc1ccccc1)N(Cc1ccccc1)C(=O)CCCN(c1cccc(OC)c1)S(C)(=O)=O. The number of hydrogen-bond donors (Lipinski definition) is 1. The molecule has 0 aromatic heterocycles. The molecule has 0 fully saturated rings. The summed E-state index contributed by atoms with van der Waals surface area (Å²) in [7, 11) is -2.08. The second kappa shape index (κ2) is 15.8. The van der Waals surface area contributed by atoms with Crippen LogP contribution in [0.25, 0.3) is 0 Å². The number of nitrogens with one attached hydrogen (secondary N) is 1. The minimum absolute atomic E-state index is 0.0797. The monoisotopic (exact) mass is 579 g/mol. The summed E-state index contributed by atoms with van der Waals surface area (Å²) in [6.07, 6.45) is 3.67. The molecule has 0 spiro atoms. The number of methoxy groups -OCH3 is 1. The summed E-state index contributed by atoms with van der Waals surface area (Å²) in [5, 5.41) is 3.02. The molecular formula is C32H41N3O5S. The van der Waals surface area contributed by atoms with Gasteiger partial charge < -0.3 is 15.0 Å². The van der Waals surface area contributed by atoms with Crippen molar-refractivity contribution < 1.29 is 22.7 Å². The first-order valence-corrected chi connectivity index (χ1v) is 15.8. The van der Waals surface area contributed by atoms with E-state index in [1.165, 1.54) is 11.4 Å². The van der Waals surface area contributed by atoms with Crippen LogP contribution in [-0.2, 0) is 32.6 Å². The summed E-state index contributed by atoms with van der Waals surface area (Å²) in [5.74, 6) is 0.138. The predicted molar refractivity (Wildman–Crippen MR) is 163 cm³/mol. The molecule has 3 rings (SSSR count). The van der Waals surface area contributed by atoms with Crippen LogP contribution in [0.2, 0.25) is 0 Å². The molecule has 1 N–H and O–H groups in total. The first-order valence-electron chi connectivity index (χ1n) is 14.0. The lowest BCUT2D eigenvalue weighted by Crippen LogP contribution is -2.50. The van der Waals surface area contributed by atoms with Gasteiger partial charge in [0.15, 0.2) is 0 Å². The molecular weight excluding hydrogens is 538 g/mol. The van der Waals surface area contributed by atoms with Crippen LogP contribution in [-0.4, -0.2) is 57.6 Å². The third-order valence-corrected chi connectivity index (χ3v) is 7.98. The van der Waals surface area contributed by atoms with Gasteiger partial charge in [0.25, 0.3) is 0 Å². The molecule has 0 radical (unpaired) electrons. The Morgan fingerprint density at radius 2 is 1.56 bits per heavy atom. The number of hydrogen-bond acceptors (Lipinski definition) is 5. The van der Waals surface area contributed by atoms with Gasteiger partial charge in [0, 0.05) is 38.5 Å². The van der Waals surface area contributed by atoms with E-state index in [0.717, 1.165) is 30.2 Å². The Morgan fingerprint density at radius 3 is 2.17 bits per heavy atom. The van der Waals surface area contributed by atoms with E-state index >= 15 is 0 Å². The van der Waals surface area contributed by atoms with Crippen molar-refractivity contribution in [3.63, 3.8) is 0 Å². The van der Waals surface area contributed by atoms with Gasteiger partial charge in [-0.05, 0) is 36.1 Å². The number of benzene rings is 3. The molecule has 0 aliphatic carbocycles. The van der Waals surface area contributed by atoms with Crippen LogP contribution in [0.5, 0.6) is 5.75 Å². The molecule has 1 atom stereocenters. The van der Waals surface area contributed by atoms with Gasteiger partial charge >= 0.3 is 0 Å². The molecule has 0 unspecified atom stereocenters. The van der Waals surface area contributed by atoms with E-state index in [-0.39, 0.29) is 37.7 Å². The summed E-state index contributed by atoms with van der Waals surface area (Å²) in [4.78, 5) is 29.0. The lowest BCUT2D eigenvalue weighted by Gasteiger charge is -2.32. The predicted octanol–water partition coefficient (Wildman–Crippen LogP) is 4.80. The van der Waals surface area contributed by atoms with Gasteiger partial charge in [-0.3, -0.25) is 13.9 Å². The highest BCUT2D eigenvalue weighted by Crippen LogP contribution is 2.24. The van der Waals surface area contributed by atoms with E-state index in [1.807, 2.05) is 60.7 Å². The van der Waals surface area contributed by atoms with Gasteiger partial charge in [0.05, 0.1) is 19.1 Å². The highest BCUT2D eigenvalue weighted by molar-refractivity contribution is 7.92. The Morgan fingerprint density at radius 1 is 0.902 bits per heavy atom. The van der Waals surface area contributed by atoms with Crippen LogP contribution in [0, 0.1) is 0 Å². The Balaban J connectivity index is 1.85. The average Bonchev–Trinajstić information content (AvgIpc) is 2.97. The lowest BCUT2D eigenvalue weighted by atomic mass is 10.0. The number of amides is 2. The van der Waals surface area contributed by atoms with E-state index in [4.69, 9.17) is 4.74 Å². The fourth-order valence-electron chi connectivity index (χ4n) is 4.61. The maximum absolute atomic E-state index is 13.8. The number of carbonyl (C=O) groups excluding carboxylic acids is 2. The second-order valence-corrected chi connectivity index (χ2v) is 11.9. The summed E-state index contributed by atoms with van der Waals surface area (Å²) in [6.45, 7) is 2.98. The van der Waals surface area contributed by atoms with Crippen molar-refractivity contribution >= 4 is 27.5 Å². The lowest BCUT2D eigenvalue weighted by molar-refractivity contribution is -0.141. The van der Waals surface area contributed by atoms with E-state index in [0.29, 0.717) is 24.4 Å². The van der Waals surface area contributed by atoms with Gasteiger partial charge in [-0.1, -0.05) is 80.1 Å². The molecule has 8 nitrogen and oxygen atoms in total. The average molecular weight is 580 g/mol. The Kier molecular flexibility index (Phi) is 12.2. The van der Waals surface area contributed by atoms with Crippen molar-refractivity contribution in [3.8, 4) is 5.75 Å². The molecule has 0 bridgehead atoms. The molecule has 0 heterocycles. The molecule has 9 heteroatoms. The van der Waals surface area contributed by atoms with Gasteiger partial charge in [-0.15, -0.1) is 0 Å². The maximum atomic E-state index is 13.8. The fraction of sp³-hybridized carbons (Fsp3) is 0.375. The number of carbonyl (C=O) groups is 2. The summed E-state index contributed by atoms with van der Waals surface area (Å²) < 4.78 is 31.8. The third-order valence-electron chi connectivity index (χ3n) is 6.79. The van der Waals surface area contributed by atoms with E-state index in [1.54, 1.807) is 29.2 Å². The first-order chi connectivity index (χ1) is 19.7. The van der Waals surface area contributed by atoms with E-state index in [9.17, 15) is 18.0 Å². The number of ether oxygens (including phenoxy) is 1. The minimum atomic E-state index is -3.60. The Bertz CT molecular complexity index is 1350. The molecule has 0 aliphatic heterocycles. The maximum Gasteiger partial charge on any atom is 0.243 e. The summed E-state index contributed by atoms with van der Waals surface area (Å²) in [5.41, 5.74) is 2.34. The molecule has 41 heavy (non-hydrogen) atoms. The first kappa shape index (κ1) is 31.7. The number of nitrogens with zero attached hydrogens (tertiary/aromatic N) is 2. The zero-order valence-corrected chi connectivity index (χ0v) is 25.0. The standard InChI is InChI=1S/C32H41N3O5S/c1-4-5-21-33-32(37)30(23-26-14-8-6-9-15-26)34(25-27-16-10-7-11-17-27)31(36)20-13-22-35(41(3,38)39)28-18-12-19-29(24-28)40-2/h6-12,14-19,24,30H,4-5,13,20-23,25H2,1-3H3,(H,33,37)/t30-/m0/s1. The van der Waals surface area contributed by atoms with Crippen molar-refractivity contribution in [2.24, 2.45) is 0 Å². The highest BCUT2D eigenvalue weighted by atomic mass is 32.2. The fourth-order valence-corrected chi connectivity index (χ4v) is 5.57. The summed E-state index contributed by atoms with van der Waals surface area (Å²) >= 11 is 0. The minimum Gasteiger partial charge on any atom is -0.497 e. The van der Waals surface area contributed by atoms with E-state index in [2.05, 4.69) is 12.2 Å². The number of rotatable bonds is 16. The van der Waals surface area contributed by atoms with E-state index < -0.39 is 16.1 Å². The second-order valence-electron chi connectivity index (χ2n) is 10.00. The van der Waals surface area contributed by atoms with Gasteiger partial charge in [-0.2, -0.15) is 0 Å². The number of sulfonamides is 1. The Hall–Kier alpha value is -3.85. The van der Waals surface area contributed by atoms with Gasteiger partial charge in [0.2, 0.25) is 21.8 Å². The topological polar surface area (TPSA) is 96.0 Å². The van der Waals surface area contributed by atoms with Crippen LogP contribution < -0.4 is 14.4 Å². The van der Waals surface area contributed by atoms with Crippen molar-refractivity contribution in [1.29, 1.82) is 0 Å². The molecule has 0 saturated carbocycles. The van der Waals surface area contributed by atoms with Crippen LogP contribution in [0.4, 0.5) is 5.69 Å². The molecule has 0 saturated heterocycles. The normalized spacial score (nSPS) is 11.9. The van der Waals surface area contributed by atoms with Crippen molar-refractivity contribution in [2.75, 3.05) is 30.8 Å². The quantitative estimate of drug-likeness (QED) is 0.246. The van der Waals surface area contributed by atoms with Crippen LogP contribution in [0.15, 0.2) is 84.9 Å². The van der Waals surface area contributed by atoms with Crippen molar-refractivity contribution in [2.45, 2.75) is 51.6 Å². The zero-order chi connectivity index (χ0) is 29.7. The highest BCUT2D eigenvalue weighted by Gasteiger charge is 2.30.